The van der Waals surface area contributed by atoms with Crippen molar-refractivity contribution in [3.8, 4) is 0 Å². The number of benzene rings is 1. The second-order valence-electron chi connectivity index (χ2n) is 6.77. The third kappa shape index (κ3) is 4.13. The van der Waals surface area contributed by atoms with Gasteiger partial charge in [0.2, 0.25) is 10.0 Å². The van der Waals surface area contributed by atoms with Crippen molar-refractivity contribution >= 4 is 21.7 Å². The lowest BCUT2D eigenvalue weighted by Gasteiger charge is -2.21. The molecule has 3 N–H and O–H groups in total. The largest absolute Gasteiger partial charge is 0.356 e. The molecule has 0 bridgehead atoms. The number of hydrogen-bond donors (Lipinski definition) is 2. The molecule has 1 aliphatic heterocycles. The van der Waals surface area contributed by atoms with E-state index in [2.05, 4.69) is 15.4 Å². The monoisotopic (exact) mass is 404 g/mol. The predicted octanol–water partition coefficient (Wildman–Crippen LogP) is 0.809. The number of anilines is 1. The molecule has 0 radical (unpaired) electrons. The van der Waals surface area contributed by atoms with Gasteiger partial charge in [-0.1, -0.05) is 17.7 Å². The number of amides is 1. The summed E-state index contributed by atoms with van der Waals surface area (Å²) in [5.74, 6) is 5.58. The van der Waals surface area contributed by atoms with Crippen LogP contribution < -0.4 is 16.2 Å². The minimum absolute atomic E-state index is 0.0123. The second kappa shape index (κ2) is 8.21. The SMILES string of the molecule is Cc1ccc(S(=O)(=O)N(C)Cc2ncc(C(=O)NN)c(N3CCCC3)n2)cc1. The lowest BCUT2D eigenvalue weighted by atomic mass is 10.2. The molecule has 10 heteroatoms. The first-order chi connectivity index (χ1) is 13.3. The average Bonchev–Trinajstić information content (AvgIpc) is 3.22. The number of aromatic nitrogens is 2. The maximum absolute atomic E-state index is 12.8. The van der Waals surface area contributed by atoms with E-state index < -0.39 is 15.9 Å². The predicted molar refractivity (Wildman–Crippen MR) is 105 cm³/mol. The van der Waals surface area contributed by atoms with Gasteiger partial charge in [0.1, 0.15) is 17.2 Å². The van der Waals surface area contributed by atoms with Crippen LogP contribution in [0.4, 0.5) is 5.82 Å². The van der Waals surface area contributed by atoms with Crippen LogP contribution in [0, 0.1) is 6.92 Å². The Labute approximate surface area is 164 Å². The van der Waals surface area contributed by atoms with Crippen molar-refractivity contribution in [3.63, 3.8) is 0 Å². The molecule has 2 heterocycles. The van der Waals surface area contributed by atoms with E-state index in [1.165, 1.54) is 17.5 Å². The topological polar surface area (TPSA) is 122 Å². The zero-order chi connectivity index (χ0) is 20.3. The highest BCUT2D eigenvalue weighted by Crippen LogP contribution is 2.23. The summed E-state index contributed by atoms with van der Waals surface area (Å²) in [4.78, 5) is 22.9. The van der Waals surface area contributed by atoms with E-state index in [1.807, 2.05) is 11.8 Å². The molecule has 1 aromatic carbocycles. The zero-order valence-corrected chi connectivity index (χ0v) is 16.7. The molecule has 28 heavy (non-hydrogen) atoms. The third-order valence-electron chi connectivity index (χ3n) is 4.69. The highest BCUT2D eigenvalue weighted by Gasteiger charge is 2.25. The van der Waals surface area contributed by atoms with Crippen molar-refractivity contribution in [2.45, 2.75) is 31.2 Å². The van der Waals surface area contributed by atoms with Crippen LogP contribution in [0.3, 0.4) is 0 Å². The maximum atomic E-state index is 12.8. The highest BCUT2D eigenvalue weighted by molar-refractivity contribution is 7.89. The Kier molecular flexibility index (Phi) is 5.92. The standard InChI is InChI=1S/C18H24N6O3S/c1-13-5-7-14(8-6-13)28(26,27)23(2)12-16-20-11-15(18(25)22-19)17(21-16)24-9-3-4-10-24/h5-8,11H,3-4,9-10,12,19H2,1-2H3,(H,22,25). The van der Waals surface area contributed by atoms with Crippen molar-refractivity contribution in [1.29, 1.82) is 0 Å². The summed E-state index contributed by atoms with van der Waals surface area (Å²) in [5.41, 5.74) is 3.36. The first-order valence-electron chi connectivity index (χ1n) is 8.97. The first kappa shape index (κ1) is 20.2. The lowest BCUT2D eigenvalue weighted by Crippen LogP contribution is -2.33. The molecule has 0 spiro atoms. The Morgan fingerprint density at radius 3 is 2.50 bits per heavy atom. The Morgan fingerprint density at radius 1 is 1.25 bits per heavy atom. The number of hydrazine groups is 1. The number of nitrogen functional groups attached to an aromatic ring is 1. The summed E-state index contributed by atoms with van der Waals surface area (Å²) < 4.78 is 26.8. The fraction of sp³-hybridized carbons (Fsp3) is 0.389. The van der Waals surface area contributed by atoms with Gasteiger partial charge >= 0.3 is 0 Å². The van der Waals surface area contributed by atoms with Crippen molar-refractivity contribution in [2.75, 3.05) is 25.0 Å². The van der Waals surface area contributed by atoms with E-state index >= 15 is 0 Å². The Bertz CT molecular complexity index is 956. The number of sulfonamides is 1. The van der Waals surface area contributed by atoms with Crippen LogP contribution in [0.2, 0.25) is 0 Å². The smallest absolute Gasteiger partial charge is 0.270 e. The van der Waals surface area contributed by atoms with Gasteiger partial charge in [0, 0.05) is 26.3 Å². The molecule has 0 saturated carbocycles. The minimum Gasteiger partial charge on any atom is -0.356 e. The zero-order valence-electron chi connectivity index (χ0n) is 15.9. The number of carbonyl (C=O) groups is 1. The summed E-state index contributed by atoms with van der Waals surface area (Å²) in [6.07, 6.45) is 3.40. The molecule has 150 valence electrons. The molecule has 0 atom stereocenters. The Balaban J connectivity index is 1.88. The number of nitrogens with one attached hydrogen (secondary N) is 1. The molecule has 1 amide bonds. The molecule has 1 aliphatic rings. The Hall–Kier alpha value is -2.56. The number of hydrogen-bond acceptors (Lipinski definition) is 7. The Morgan fingerprint density at radius 2 is 1.89 bits per heavy atom. The number of nitrogens with two attached hydrogens (primary N) is 1. The van der Waals surface area contributed by atoms with Gasteiger partial charge in [0.05, 0.1) is 11.4 Å². The third-order valence-corrected chi connectivity index (χ3v) is 6.51. The van der Waals surface area contributed by atoms with E-state index in [4.69, 9.17) is 5.84 Å². The molecular formula is C18H24N6O3S. The van der Waals surface area contributed by atoms with E-state index in [1.54, 1.807) is 24.3 Å². The van der Waals surface area contributed by atoms with Crippen LogP contribution in [-0.2, 0) is 16.6 Å². The van der Waals surface area contributed by atoms with Gasteiger partial charge in [-0.3, -0.25) is 10.2 Å². The van der Waals surface area contributed by atoms with Crippen LogP contribution in [0.25, 0.3) is 0 Å². The van der Waals surface area contributed by atoms with Crippen LogP contribution in [-0.4, -0.2) is 48.7 Å². The van der Waals surface area contributed by atoms with Crippen LogP contribution in [0.1, 0.15) is 34.6 Å². The summed E-state index contributed by atoms with van der Waals surface area (Å²) >= 11 is 0. The van der Waals surface area contributed by atoms with Gasteiger partial charge in [-0.15, -0.1) is 0 Å². The van der Waals surface area contributed by atoms with E-state index in [9.17, 15) is 13.2 Å². The fourth-order valence-corrected chi connectivity index (χ4v) is 4.19. The number of nitrogens with zero attached hydrogens (tertiary/aromatic N) is 4. The summed E-state index contributed by atoms with van der Waals surface area (Å²) in [7, 11) is -2.20. The molecule has 9 nitrogen and oxygen atoms in total. The summed E-state index contributed by atoms with van der Waals surface area (Å²) in [5, 5.41) is 0. The van der Waals surface area contributed by atoms with Crippen LogP contribution in [0.15, 0.2) is 35.4 Å². The summed E-state index contributed by atoms with van der Waals surface area (Å²) in [6, 6.07) is 6.66. The van der Waals surface area contributed by atoms with Crippen LogP contribution in [0.5, 0.6) is 0 Å². The average molecular weight is 404 g/mol. The fourth-order valence-electron chi connectivity index (χ4n) is 3.07. The van der Waals surface area contributed by atoms with Crippen molar-refractivity contribution in [2.24, 2.45) is 5.84 Å². The van der Waals surface area contributed by atoms with Crippen LogP contribution >= 0.6 is 0 Å². The van der Waals surface area contributed by atoms with Gasteiger partial charge in [-0.2, -0.15) is 4.31 Å². The van der Waals surface area contributed by atoms with Gasteiger partial charge in [-0.25, -0.2) is 24.2 Å². The quantitative estimate of drug-likeness (QED) is 0.415. The molecule has 2 aromatic rings. The van der Waals surface area contributed by atoms with Gasteiger partial charge < -0.3 is 4.90 Å². The number of carbonyl (C=O) groups excluding carboxylic acids is 1. The second-order valence-corrected chi connectivity index (χ2v) is 8.81. The highest BCUT2D eigenvalue weighted by atomic mass is 32.2. The van der Waals surface area contributed by atoms with Crippen molar-refractivity contribution < 1.29 is 13.2 Å². The van der Waals surface area contributed by atoms with Crippen molar-refractivity contribution in [3.05, 3.63) is 47.4 Å². The van der Waals surface area contributed by atoms with E-state index in [-0.39, 0.29) is 17.0 Å². The molecule has 3 rings (SSSR count). The number of aryl methyl sites for hydroxylation is 1. The lowest BCUT2D eigenvalue weighted by molar-refractivity contribution is 0.0953. The molecule has 1 aromatic heterocycles. The maximum Gasteiger partial charge on any atom is 0.270 e. The molecule has 0 aliphatic carbocycles. The number of rotatable bonds is 6. The van der Waals surface area contributed by atoms with Gasteiger partial charge in [0.15, 0.2) is 0 Å². The molecule has 1 saturated heterocycles. The normalized spacial score (nSPS) is 14.5. The molecular weight excluding hydrogens is 380 g/mol. The van der Waals surface area contributed by atoms with Gasteiger partial charge in [0.25, 0.3) is 5.91 Å². The van der Waals surface area contributed by atoms with E-state index in [0.717, 1.165) is 31.5 Å². The van der Waals surface area contributed by atoms with Crippen molar-refractivity contribution in [1.82, 2.24) is 19.7 Å². The first-order valence-corrected chi connectivity index (χ1v) is 10.4. The van der Waals surface area contributed by atoms with E-state index in [0.29, 0.717) is 11.6 Å². The molecule has 1 fully saturated rings. The molecule has 0 unspecified atom stereocenters. The minimum atomic E-state index is -3.68. The van der Waals surface area contributed by atoms with Gasteiger partial charge in [-0.05, 0) is 31.9 Å². The summed E-state index contributed by atoms with van der Waals surface area (Å²) in [6.45, 7) is 3.44.